The van der Waals surface area contributed by atoms with Gasteiger partial charge in [0.2, 0.25) is 11.6 Å². The molecule has 0 aliphatic heterocycles. The molecule has 0 radical (unpaired) electrons. The van der Waals surface area contributed by atoms with Gasteiger partial charge >= 0.3 is 0 Å². The van der Waals surface area contributed by atoms with E-state index in [4.69, 9.17) is 4.74 Å². The molecule has 9 heteroatoms. The number of methoxy groups -OCH3 is 1. The first-order valence-corrected chi connectivity index (χ1v) is 10.1. The van der Waals surface area contributed by atoms with Gasteiger partial charge in [-0.2, -0.15) is 0 Å². The molecule has 0 spiro atoms. The minimum Gasteiger partial charge on any atom is -0.496 e. The van der Waals surface area contributed by atoms with Crippen LogP contribution in [-0.4, -0.2) is 24.1 Å². The number of nitrogens with zero attached hydrogens (tertiary/aromatic N) is 2. The number of ether oxygens (including phenoxy) is 1. The molecule has 0 N–H and O–H groups in total. The average molecular weight is 482 g/mol. The fourth-order valence-electron chi connectivity index (χ4n) is 3.39. The van der Waals surface area contributed by atoms with E-state index in [1.165, 1.54) is 7.11 Å². The number of hydrogen-bond donors (Lipinski definition) is 0. The lowest BCUT2D eigenvalue weighted by molar-refractivity contribution is 0.106. The predicted molar refractivity (Wildman–Crippen MR) is 120 cm³/mol. The van der Waals surface area contributed by atoms with E-state index in [9.17, 15) is 26.7 Å². The third-order valence-electron chi connectivity index (χ3n) is 5.09. The maximum Gasteiger partial charge on any atom is 0.222 e. The lowest BCUT2D eigenvalue weighted by atomic mass is 9.99. The van der Waals surface area contributed by atoms with Gasteiger partial charge in [0.05, 0.1) is 19.0 Å². The van der Waals surface area contributed by atoms with Crippen LogP contribution in [0, 0.1) is 29.1 Å². The molecule has 3 aromatic carbocycles. The van der Waals surface area contributed by atoms with Crippen LogP contribution in [0.5, 0.6) is 5.75 Å². The Morgan fingerprint density at radius 3 is 2.03 bits per heavy atom. The van der Waals surface area contributed by atoms with Crippen molar-refractivity contribution in [3.05, 3.63) is 102 Å². The maximum absolute atomic E-state index is 14.0. The number of ketones is 1. The zero-order chi connectivity index (χ0) is 25.1. The standard InChI is InChI=1S/C26H15F5N2O2/c1-35-19-10-6-5-9-15(19)16-11-12-17(14-7-3-2-4-8-14)33-25(16)18(34)13-32-26-23(30)21(28)20(27)22(29)24(26)31/h2-13H,1H3. The molecule has 0 atom stereocenters. The molecular formula is C26H15F5N2O2. The Morgan fingerprint density at radius 1 is 0.771 bits per heavy atom. The summed E-state index contributed by atoms with van der Waals surface area (Å²) in [4.78, 5) is 20.8. The first-order chi connectivity index (χ1) is 16.8. The van der Waals surface area contributed by atoms with Crippen molar-refractivity contribution >= 4 is 17.7 Å². The molecule has 0 bridgehead atoms. The number of carbonyl (C=O) groups excluding carboxylic acids is 1. The topological polar surface area (TPSA) is 51.5 Å². The number of aromatic nitrogens is 1. The molecule has 4 aromatic rings. The molecule has 4 nitrogen and oxygen atoms in total. The number of benzene rings is 3. The normalized spacial score (nSPS) is 11.1. The largest absolute Gasteiger partial charge is 0.496 e. The third-order valence-corrected chi connectivity index (χ3v) is 5.09. The number of aliphatic imine (C=N–C) groups is 1. The molecule has 1 heterocycles. The quantitative estimate of drug-likeness (QED) is 0.101. The number of para-hydroxylation sites is 1. The van der Waals surface area contributed by atoms with Gasteiger partial charge in [-0.3, -0.25) is 4.79 Å². The third kappa shape index (κ3) is 4.52. The zero-order valence-corrected chi connectivity index (χ0v) is 18.0. The Balaban J connectivity index is 1.85. The minimum atomic E-state index is -2.32. The number of carbonyl (C=O) groups is 1. The highest BCUT2D eigenvalue weighted by Gasteiger charge is 2.26. The van der Waals surface area contributed by atoms with Gasteiger partial charge in [-0.25, -0.2) is 31.9 Å². The summed E-state index contributed by atoms with van der Waals surface area (Å²) in [7, 11) is 1.44. The minimum absolute atomic E-state index is 0.163. The number of Topliss-reactive ketones (excluding diaryl/α,β-unsaturated/α-hetero) is 1. The summed E-state index contributed by atoms with van der Waals surface area (Å²) in [6.45, 7) is 0. The summed E-state index contributed by atoms with van der Waals surface area (Å²) in [5, 5.41) is 0. The van der Waals surface area contributed by atoms with Crippen molar-refractivity contribution < 1.29 is 31.5 Å². The van der Waals surface area contributed by atoms with Gasteiger partial charge in [0, 0.05) is 16.7 Å². The Morgan fingerprint density at radius 2 is 1.37 bits per heavy atom. The molecule has 0 amide bonds. The van der Waals surface area contributed by atoms with Crippen molar-refractivity contribution in [2.45, 2.75) is 0 Å². The lowest BCUT2D eigenvalue weighted by Gasteiger charge is -2.12. The Hall–Kier alpha value is -4.40. The predicted octanol–water partition coefficient (Wildman–Crippen LogP) is 6.70. The molecule has 0 aliphatic carbocycles. The highest BCUT2D eigenvalue weighted by Crippen LogP contribution is 2.34. The van der Waals surface area contributed by atoms with Crippen molar-refractivity contribution in [3.8, 4) is 28.1 Å². The Bertz CT molecular complexity index is 1430. The van der Waals surface area contributed by atoms with Crippen molar-refractivity contribution in [1.82, 2.24) is 4.98 Å². The highest BCUT2D eigenvalue weighted by molar-refractivity contribution is 6.36. The highest BCUT2D eigenvalue weighted by atomic mass is 19.2. The smallest absolute Gasteiger partial charge is 0.222 e. The van der Waals surface area contributed by atoms with Crippen LogP contribution in [0.15, 0.2) is 71.7 Å². The van der Waals surface area contributed by atoms with Crippen molar-refractivity contribution in [1.29, 1.82) is 0 Å². The van der Waals surface area contributed by atoms with E-state index in [1.807, 2.05) is 0 Å². The number of rotatable bonds is 6. The van der Waals surface area contributed by atoms with Gasteiger partial charge in [-0.15, -0.1) is 0 Å². The van der Waals surface area contributed by atoms with E-state index >= 15 is 0 Å². The second kappa shape index (κ2) is 9.84. The molecule has 0 saturated heterocycles. The zero-order valence-electron chi connectivity index (χ0n) is 18.0. The first kappa shape index (κ1) is 23.7. The van der Waals surface area contributed by atoms with Gasteiger partial charge in [0.15, 0.2) is 23.3 Å². The van der Waals surface area contributed by atoms with E-state index in [0.29, 0.717) is 34.3 Å². The van der Waals surface area contributed by atoms with Gasteiger partial charge in [0.1, 0.15) is 17.1 Å². The van der Waals surface area contributed by atoms with Gasteiger partial charge in [-0.05, 0) is 18.2 Å². The molecule has 1 aromatic heterocycles. The molecule has 0 unspecified atom stereocenters. The van der Waals surface area contributed by atoms with Crippen LogP contribution in [0.1, 0.15) is 10.5 Å². The SMILES string of the molecule is COc1ccccc1-c1ccc(-c2ccccc2)nc1C(=O)C=Nc1c(F)c(F)c(F)c(F)c1F. The monoisotopic (exact) mass is 482 g/mol. The first-order valence-electron chi connectivity index (χ1n) is 10.1. The van der Waals surface area contributed by atoms with Crippen molar-refractivity contribution in [2.75, 3.05) is 7.11 Å². The lowest BCUT2D eigenvalue weighted by Crippen LogP contribution is -2.08. The summed E-state index contributed by atoms with van der Waals surface area (Å²) < 4.78 is 73.7. The van der Waals surface area contributed by atoms with E-state index in [0.717, 1.165) is 0 Å². The second-order valence-corrected chi connectivity index (χ2v) is 7.20. The molecular weight excluding hydrogens is 467 g/mol. The van der Waals surface area contributed by atoms with E-state index in [-0.39, 0.29) is 5.69 Å². The molecule has 176 valence electrons. The molecule has 35 heavy (non-hydrogen) atoms. The average Bonchev–Trinajstić information content (AvgIpc) is 2.90. The Labute approximate surface area is 196 Å². The van der Waals surface area contributed by atoms with Crippen LogP contribution in [0.2, 0.25) is 0 Å². The van der Waals surface area contributed by atoms with E-state index in [2.05, 4.69) is 9.98 Å². The van der Waals surface area contributed by atoms with Crippen LogP contribution in [0.25, 0.3) is 22.4 Å². The van der Waals surface area contributed by atoms with E-state index < -0.39 is 40.6 Å². The number of pyridine rings is 1. The summed E-state index contributed by atoms with van der Waals surface area (Å²) in [6, 6.07) is 18.9. The fourth-order valence-corrected chi connectivity index (χ4v) is 3.39. The van der Waals surface area contributed by atoms with Gasteiger partial charge in [0.25, 0.3) is 0 Å². The number of hydrogen-bond acceptors (Lipinski definition) is 4. The fraction of sp³-hybridized carbons (Fsp3) is 0.0385. The van der Waals surface area contributed by atoms with Gasteiger partial charge < -0.3 is 4.74 Å². The molecule has 4 rings (SSSR count). The van der Waals surface area contributed by atoms with Crippen LogP contribution in [-0.2, 0) is 0 Å². The molecule has 0 aliphatic rings. The summed E-state index contributed by atoms with van der Waals surface area (Å²) in [5.41, 5.74) is 0.268. The molecule has 0 saturated carbocycles. The maximum atomic E-state index is 14.0. The van der Waals surface area contributed by atoms with Crippen LogP contribution in [0.3, 0.4) is 0 Å². The van der Waals surface area contributed by atoms with Crippen molar-refractivity contribution in [2.24, 2.45) is 4.99 Å². The van der Waals surface area contributed by atoms with Crippen LogP contribution >= 0.6 is 0 Å². The van der Waals surface area contributed by atoms with E-state index in [1.54, 1.807) is 66.7 Å². The van der Waals surface area contributed by atoms with Crippen molar-refractivity contribution in [3.63, 3.8) is 0 Å². The Kier molecular flexibility index (Phi) is 6.68. The summed E-state index contributed by atoms with van der Waals surface area (Å²) in [5.74, 6) is -11.5. The number of halogens is 5. The molecule has 0 fully saturated rings. The second-order valence-electron chi connectivity index (χ2n) is 7.20. The van der Waals surface area contributed by atoms with Crippen LogP contribution < -0.4 is 4.74 Å². The van der Waals surface area contributed by atoms with Gasteiger partial charge in [-0.1, -0.05) is 48.5 Å². The summed E-state index contributed by atoms with van der Waals surface area (Å²) in [6.07, 6.45) is 0.467. The van der Waals surface area contributed by atoms with Crippen LogP contribution in [0.4, 0.5) is 27.6 Å². The summed E-state index contributed by atoms with van der Waals surface area (Å²) >= 11 is 0.